The quantitative estimate of drug-likeness (QED) is 0.320. The van der Waals surface area contributed by atoms with E-state index in [-0.39, 0.29) is 17.9 Å². The number of hydrogen-bond donors (Lipinski definition) is 1. The summed E-state index contributed by atoms with van der Waals surface area (Å²) in [6.07, 6.45) is 3.30. The summed E-state index contributed by atoms with van der Waals surface area (Å²) < 4.78 is 10.8. The van der Waals surface area contributed by atoms with Crippen LogP contribution in [0.2, 0.25) is 0 Å². The molecule has 0 bridgehead atoms. The minimum absolute atomic E-state index is 0.0441. The molecule has 1 aromatic heterocycles. The second kappa shape index (κ2) is 9.79. The maximum atomic E-state index is 13.2. The van der Waals surface area contributed by atoms with Gasteiger partial charge in [-0.2, -0.15) is 0 Å². The first-order chi connectivity index (χ1) is 16.4. The van der Waals surface area contributed by atoms with E-state index in [2.05, 4.69) is 4.98 Å². The van der Waals surface area contributed by atoms with Crippen LogP contribution < -0.4 is 9.47 Å². The SMILES string of the molecule is CCOc1ccc(C2/C(=C(/O)c3ccc(OC)c(C)c3)C(=O)C(=O)N2Cc2cccnc2)cc1. The number of likely N-dealkylation sites (tertiary alicyclic amines) is 1. The van der Waals surface area contributed by atoms with E-state index in [4.69, 9.17) is 9.47 Å². The highest BCUT2D eigenvalue weighted by atomic mass is 16.5. The number of nitrogens with zero attached hydrogens (tertiary/aromatic N) is 2. The number of aryl methyl sites for hydroxylation is 1. The van der Waals surface area contributed by atoms with E-state index in [0.717, 1.165) is 11.1 Å². The summed E-state index contributed by atoms with van der Waals surface area (Å²) in [7, 11) is 1.57. The van der Waals surface area contributed by atoms with Crippen molar-refractivity contribution in [2.45, 2.75) is 26.4 Å². The predicted molar refractivity (Wildman–Crippen MR) is 127 cm³/mol. The molecule has 1 atom stereocenters. The fourth-order valence-electron chi connectivity index (χ4n) is 4.17. The zero-order valence-corrected chi connectivity index (χ0v) is 19.3. The van der Waals surface area contributed by atoms with E-state index in [1.165, 1.54) is 4.90 Å². The van der Waals surface area contributed by atoms with Crippen LogP contribution in [0.1, 0.15) is 35.2 Å². The number of Topliss-reactive ketones (excluding diaryl/α,β-unsaturated/α-hetero) is 1. The van der Waals surface area contributed by atoms with Gasteiger partial charge in [-0.15, -0.1) is 0 Å². The Balaban J connectivity index is 1.84. The molecule has 1 fully saturated rings. The van der Waals surface area contributed by atoms with Crippen molar-refractivity contribution < 1.29 is 24.2 Å². The molecule has 1 saturated heterocycles. The smallest absolute Gasteiger partial charge is 0.295 e. The van der Waals surface area contributed by atoms with Crippen LogP contribution in [-0.2, 0) is 16.1 Å². The Morgan fingerprint density at radius 3 is 2.50 bits per heavy atom. The maximum Gasteiger partial charge on any atom is 0.295 e. The molecule has 1 amide bonds. The molecule has 7 nitrogen and oxygen atoms in total. The van der Waals surface area contributed by atoms with Gasteiger partial charge < -0.3 is 19.5 Å². The Labute approximate surface area is 198 Å². The van der Waals surface area contributed by atoms with E-state index < -0.39 is 17.7 Å². The van der Waals surface area contributed by atoms with Gasteiger partial charge in [0.05, 0.1) is 25.3 Å². The number of amides is 1. The van der Waals surface area contributed by atoms with Crippen LogP contribution in [0, 0.1) is 6.92 Å². The normalized spacial score (nSPS) is 17.1. The number of methoxy groups -OCH3 is 1. The van der Waals surface area contributed by atoms with Gasteiger partial charge in [0, 0.05) is 24.5 Å². The molecule has 3 aromatic rings. The highest BCUT2D eigenvalue weighted by Gasteiger charge is 2.46. The van der Waals surface area contributed by atoms with Crippen molar-refractivity contribution in [3.63, 3.8) is 0 Å². The third-order valence-electron chi connectivity index (χ3n) is 5.79. The van der Waals surface area contributed by atoms with E-state index in [1.807, 2.05) is 32.0 Å². The Bertz CT molecular complexity index is 1240. The van der Waals surface area contributed by atoms with Crippen LogP contribution in [0.25, 0.3) is 5.76 Å². The summed E-state index contributed by atoms with van der Waals surface area (Å²) >= 11 is 0. The summed E-state index contributed by atoms with van der Waals surface area (Å²) in [5.74, 6) is -0.280. The fourth-order valence-corrected chi connectivity index (χ4v) is 4.17. The molecule has 2 aromatic carbocycles. The van der Waals surface area contributed by atoms with Crippen molar-refractivity contribution in [3.8, 4) is 11.5 Å². The number of aliphatic hydroxyl groups excluding tert-OH is 1. The molecular weight excluding hydrogens is 432 g/mol. The third-order valence-corrected chi connectivity index (χ3v) is 5.79. The molecule has 1 aliphatic rings. The molecular formula is C27H26N2O5. The summed E-state index contributed by atoms with van der Waals surface area (Å²) in [4.78, 5) is 31.9. The number of ketones is 1. The number of benzene rings is 2. The molecule has 34 heavy (non-hydrogen) atoms. The highest BCUT2D eigenvalue weighted by molar-refractivity contribution is 6.46. The number of pyridine rings is 1. The van der Waals surface area contributed by atoms with Gasteiger partial charge in [0.15, 0.2) is 0 Å². The topological polar surface area (TPSA) is 89.0 Å². The zero-order valence-electron chi connectivity index (χ0n) is 19.3. The highest BCUT2D eigenvalue weighted by Crippen LogP contribution is 2.41. The lowest BCUT2D eigenvalue weighted by Gasteiger charge is -2.25. The summed E-state index contributed by atoms with van der Waals surface area (Å²) in [6.45, 7) is 4.44. The van der Waals surface area contributed by atoms with Gasteiger partial charge in [-0.25, -0.2) is 0 Å². The molecule has 174 valence electrons. The van der Waals surface area contributed by atoms with Gasteiger partial charge in [-0.3, -0.25) is 14.6 Å². The molecule has 0 aliphatic carbocycles. The number of aliphatic hydroxyl groups is 1. The first-order valence-electron chi connectivity index (χ1n) is 11.0. The van der Waals surface area contributed by atoms with Crippen LogP contribution in [0.3, 0.4) is 0 Å². The minimum atomic E-state index is -0.765. The summed E-state index contributed by atoms with van der Waals surface area (Å²) in [6, 6.07) is 15.2. The zero-order chi connectivity index (χ0) is 24.2. The van der Waals surface area contributed by atoms with Crippen molar-refractivity contribution in [3.05, 3.63) is 94.8 Å². The molecule has 4 rings (SSSR count). The van der Waals surface area contributed by atoms with E-state index in [9.17, 15) is 14.7 Å². The average Bonchev–Trinajstić information content (AvgIpc) is 3.10. The Morgan fingerprint density at radius 1 is 1.12 bits per heavy atom. The van der Waals surface area contributed by atoms with Crippen LogP contribution >= 0.6 is 0 Å². The van der Waals surface area contributed by atoms with E-state index >= 15 is 0 Å². The standard InChI is InChI=1S/C27H26N2O5/c1-4-34-21-10-7-19(8-11-21)24-23(25(30)20-9-12-22(33-3)17(2)14-20)26(31)27(32)29(24)16-18-6-5-13-28-15-18/h5-15,24,30H,4,16H2,1-3H3/b25-23-. The molecule has 0 saturated carbocycles. The molecule has 1 unspecified atom stereocenters. The van der Waals surface area contributed by atoms with Crippen LogP contribution in [0.4, 0.5) is 0 Å². The number of ether oxygens (including phenoxy) is 2. The number of carbonyl (C=O) groups is 2. The second-order valence-electron chi connectivity index (χ2n) is 7.97. The second-order valence-corrected chi connectivity index (χ2v) is 7.97. The van der Waals surface area contributed by atoms with Gasteiger partial charge in [0.2, 0.25) is 0 Å². The number of hydrogen-bond acceptors (Lipinski definition) is 6. The Kier molecular flexibility index (Phi) is 6.63. The number of aromatic nitrogens is 1. The molecule has 0 radical (unpaired) electrons. The fraction of sp³-hybridized carbons (Fsp3) is 0.222. The average molecular weight is 459 g/mol. The van der Waals surface area contributed by atoms with Crippen molar-refractivity contribution >= 4 is 17.4 Å². The molecule has 7 heteroatoms. The first kappa shape index (κ1) is 23.0. The van der Waals surface area contributed by atoms with Crippen molar-refractivity contribution in [2.75, 3.05) is 13.7 Å². The van der Waals surface area contributed by atoms with Crippen LogP contribution in [-0.4, -0.2) is 40.4 Å². The van der Waals surface area contributed by atoms with Crippen molar-refractivity contribution in [2.24, 2.45) is 0 Å². The first-order valence-corrected chi connectivity index (χ1v) is 11.0. The van der Waals surface area contributed by atoms with Gasteiger partial charge in [0.1, 0.15) is 17.3 Å². The number of rotatable bonds is 7. The Hall–Kier alpha value is -4.13. The van der Waals surface area contributed by atoms with E-state index in [1.54, 1.807) is 55.9 Å². The maximum absolute atomic E-state index is 13.2. The Morgan fingerprint density at radius 2 is 1.88 bits per heavy atom. The van der Waals surface area contributed by atoms with Crippen molar-refractivity contribution in [1.82, 2.24) is 9.88 Å². The predicted octanol–water partition coefficient (Wildman–Crippen LogP) is 4.42. The molecule has 2 heterocycles. The van der Waals surface area contributed by atoms with Gasteiger partial charge >= 0.3 is 0 Å². The van der Waals surface area contributed by atoms with Crippen LogP contribution in [0.15, 0.2) is 72.6 Å². The third kappa shape index (κ3) is 4.37. The van der Waals surface area contributed by atoms with Crippen LogP contribution in [0.5, 0.6) is 11.5 Å². The molecule has 1 aliphatic heterocycles. The van der Waals surface area contributed by atoms with Gasteiger partial charge in [-0.1, -0.05) is 18.2 Å². The monoisotopic (exact) mass is 458 g/mol. The van der Waals surface area contributed by atoms with Gasteiger partial charge in [0.25, 0.3) is 11.7 Å². The molecule has 0 spiro atoms. The largest absolute Gasteiger partial charge is 0.507 e. The lowest BCUT2D eigenvalue weighted by molar-refractivity contribution is -0.140. The van der Waals surface area contributed by atoms with Gasteiger partial charge in [-0.05, 0) is 66.9 Å². The lowest BCUT2D eigenvalue weighted by Crippen LogP contribution is -2.29. The lowest BCUT2D eigenvalue weighted by atomic mass is 9.94. The van der Waals surface area contributed by atoms with Crippen molar-refractivity contribution in [1.29, 1.82) is 0 Å². The molecule has 1 N–H and O–H groups in total. The minimum Gasteiger partial charge on any atom is -0.507 e. The van der Waals surface area contributed by atoms with E-state index in [0.29, 0.717) is 29.2 Å². The number of carbonyl (C=O) groups excluding carboxylic acids is 2. The summed E-state index contributed by atoms with van der Waals surface area (Å²) in [5.41, 5.74) is 2.75. The summed E-state index contributed by atoms with van der Waals surface area (Å²) in [5, 5.41) is 11.3.